The van der Waals surface area contributed by atoms with Crippen molar-refractivity contribution in [2.24, 2.45) is 0 Å². The number of aromatic nitrogens is 3. The number of rotatable bonds is 2. The highest BCUT2D eigenvalue weighted by Crippen LogP contribution is 2.33. The van der Waals surface area contributed by atoms with Gasteiger partial charge in [0.1, 0.15) is 0 Å². The van der Waals surface area contributed by atoms with E-state index in [0.717, 1.165) is 37.8 Å². The average molecular weight is 281 g/mol. The number of piperidine rings is 1. The van der Waals surface area contributed by atoms with Gasteiger partial charge < -0.3 is 9.80 Å². The topological polar surface area (TPSA) is 45.2 Å². The number of hydrogen-bond acceptors (Lipinski definition) is 5. The van der Waals surface area contributed by atoms with Crippen LogP contribution in [0.3, 0.4) is 0 Å². The monoisotopic (exact) mass is 281 g/mol. The molecule has 0 spiro atoms. The van der Waals surface area contributed by atoms with Gasteiger partial charge in [0.2, 0.25) is 5.95 Å². The zero-order chi connectivity index (χ0) is 14.1. The van der Waals surface area contributed by atoms with E-state index in [0.29, 0.717) is 0 Å². The molecule has 4 rings (SSSR count). The lowest BCUT2D eigenvalue weighted by Crippen LogP contribution is -2.31. The molecule has 2 aromatic rings. The zero-order valence-electron chi connectivity index (χ0n) is 12.1. The Morgan fingerprint density at radius 1 is 0.952 bits per heavy atom. The van der Waals surface area contributed by atoms with E-state index in [1.807, 2.05) is 0 Å². The summed E-state index contributed by atoms with van der Waals surface area (Å²) in [5.41, 5.74) is 2.64. The van der Waals surface area contributed by atoms with Gasteiger partial charge in [-0.1, -0.05) is 18.2 Å². The predicted octanol–water partition coefficient (Wildman–Crippen LogP) is 2.56. The van der Waals surface area contributed by atoms with E-state index in [1.54, 1.807) is 6.20 Å². The Labute approximate surface area is 124 Å². The average Bonchev–Trinajstić information content (AvgIpc) is 3.00. The van der Waals surface area contributed by atoms with Crippen molar-refractivity contribution >= 4 is 17.5 Å². The third kappa shape index (κ3) is 2.33. The van der Waals surface area contributed by atoms with Gasteiger partial charge in [-0.15, -0.1) is 5.10 Å². The number of nitrogens with zero attached hydrogens (tertiary/aromatic N) is 5. The molecule has 0 radical (unpaired) electrons. The molecule has 108 valence electrons. The van der Waals surface area contributed by atoms with Crippen LogP contribution in [-0.2, 0) is 6.42 Å². The van der Waals surface area contributed by atoms with E-state index in [1.165, 1.54) is 30.5 Å². The molecule has 3 heterocycles. The fourth-order valence-electron chi connectivity index (χ4n) is 3.22. The lowest BCUT2D eigenvalue weighted by Gasteiger charge is -2.27. The Bertz CT molecular complexity index is 636. The second kappa shape index (κ2) is 5.31. The van der Waals surface area contributed by atoms with E-state index in [4.69, 9.17) is 4.98 Å². The van der Waals surface area contributed by atoms with Crippen molar-refractivity contribution < 1.29 is 0 Å². The van der Waals surface area contributed by atoms with Gasteiger partial charge in [0.05, 0.1) is 6.20 Å². The number of fused-ring (bicyclic) bond motifs is 1. The van der Waals surface area contributed by atoms with Crippen LogP contribution in [0.2, 0.25) is 0 Å². The van der Waals surface area contributed by atoms with Crippen LogP contribution in [0.25, 0.3) is 0 Å². The van der Waals surface area contributed by atoms with E-state index >= 15 is 0 Å². The van der Waals surface area contributed by atoms with Gasteiger partial charge in [0.15, 0.2) is 5.82 Å². The number of hydrogen-bond donors (Lipinski definition) is 0. The molecule has 0 N–H and O–H groups in total. The van der Waals surface area contributed by atoms with E-state index in [9.17, 15) is 0 Å². The molecule has 0 amide bonds. The van der Waals surface area contributed by atoms with Crippen molar-refractivity contribution in [3.8, 4) is 0 Å². The lowest BCUT2D eigenvalue weighted by molar-refractivity contribution is 0.565. The van der Waals surface area contributed by atoms with Crippen LogP contribution in [0.4, 0.5) is 17.5 Å². The molecule has 21 heavy (non-hydrogen) atoms. The molecule has 0 unspecified atom stereocenters. The van der Waals surface area contributed by atoms with Gasteiger partial charge in [-0.2, -0.15) is 10.1 Å². The summed E-state index contributed by atoms with van der Waals surface area (Å²) in [5, 5.41) is 8.41. The minimum atomic E-state index is 0.775. The Hall–Kier alpha value is -2.17. The maximum Gasteiger partial charge on any atom is 0.247 e. The first kappa shape index (κ1) is 12.6. The first-order chi connectivity index (χ1) is 10.4. The number of benzene rings is 1. The Kier molecular flexibility index (Phi) is 3.18. The molecule has 0 atom stereocenters. The van der Waals surface area contributed by atoms with Gasteiger partial charge in [0.25, 0.3) is 0 Å². The fraction of sp³-hybridized carbons (Fsp3) is 0.438. The lowest BCUT2D eigenvalue weighted by atomic mass is 10.1. The first-order valence-electron chi connectivity index (χ1n) is 7.72. The minimum Gasteiger partial charge on any atom is -0.339 e. The second-order valence-electron chi connectivity index (χ2n) is 5.69. The number of para-hydroxylation sites is 1. The quantitative estimate of drug-likeness (QED) is 0.846. The summed E-state index contributed by atoms with van der Waals surface area (Å²) in [6.45, 7) is 3.06. The molecule has 1 fully saturated rings. The highest BCUT2D eigenvalue weighted by molar-refractivity contribution is 5.67. The Balaban J connectivity index is 1.64. The fourth-order valence-corrected chi connectivity index (χ4v) is 3.22. The summed E-state index contributed by atoms with van der Waals surface area (Å²) < 4.78 is 0. The van der Waals surface area contributed by atoms with E-state index in [2.05, 4.69) is 44.3 Å². The van der Waals surface area contributed by atoms with Crippen LogP contribution in [-0.4, -0.2) is 34.8 Å². The van der Waals surface area contributed by atoms with Crippen molar-refractivity contribution in [3.05, 3.63) is 36.0 Å². The summed E-state index contributed by atoms with van der Waals surface area (Å²) >= 11 is 0. The zero-order valence-corrected chi connectivity index (χ0v) is 12.1. The summed E-state index contributed by atoms with van der Waals surface area (Å²) in [7, 11) is 0. The van der Waals surface area contributed by atoms with Crippen LogP contribution >= 0.6 is 0 Å². The second-order valence-corrected chi connectivity index (χ2v) is 5.69. The molecule has 1 saturated heterocycles. The third-order valence-corrected chi connectivity index (χ3v) is 4.34. The van der Waals surface area contributed by atoms with Gasteiger partial charge in [-0.3, -0.25) is 0 Å². The normalized spacial score (nSPS) is 17.9. The van der Waals surface area contributed by atoms with Crippen molar-refractivity contribution in [2.45, 2.75) is 25.7 Å². The van der Waals surface area contributed by atoms with Gasteiger partial charge in [0, 0.05) is 25.3 Å². The summed E-state index contributed by atoms with van der Waals surface area (Å²) in [5.74, 6) is 1.69. The van der Waals surface area contributed by atoms with Crippen molar-refractivity contribution in [3.63, 3.8) is 0 Å². The van der Waals surface area contributed by atoms with Crippen LogP contribution in [0.1, 0.15) is 24.8 Å². The number of anilines is 3. The summed E-state index contributed by atoms with van der Waals surface area (Å²) in [4.78, 5) is 9.25. The Morgan fingerprint density at radius 3 is 2.71 bits per heavy atom. The van der Waals surface area contributed by atoms with Crippen LogP contribution < -0.4 is 9.80 Å². The summed E-state index contributed by atoms with van der Waals surface area (Å²) in [6.07, 6.45) is 6.60. The molecule has 1 aromatic carbocycles. The van der Waals surface area contributed by atoms with Gasteiger partial charge in [-0.05, 0) is 37.3 Å². The van der Waals surface area contributed by atoms with E-state index < -0.39 is 0 Å². The molecule has 0 bridgehead atoms. The van der Waals surface area contributed by atoms with Crippen LogP contribution in [0, 0.1) is 0 Å². The van der Waals surface area contributed by atoms with Crippen LogP contribution in [0.5, 0.6) is 0 Å². The summed E-state index contributed by atoms with van der Waals surface area (Å²) in [6, 6.07) is 8.53. The molecule has 2 aliphatic heterocycles. The molecular formula is C16H19N5. The highest BCUT2D eigenvalue weighted by Gasteiger charge is 2.22. The van der Waals surface area contributed by atoms with E-state index in [-0.39, 0.29) is 0 Å². The van der Waals surface area contributed by atoms with Crippen molar-refractivity contribution in [2.75, 3.05) is 29.4 Å². The largest absolute Gasteiger partial charge is 0.339 e. The molecule has 0 saturated carbocycles. The van der Waals surface area contributed by atoms with Gasteiger partial charge in [-0.25, -0.2) is 0 Å². The maximum absolute atomic E-state index is 4.76. The third-order valence-electron chi connectivity index (χ3n) is 4.34. The highest BCUT2D eigenvalue weighted by atomic mass is 15.4. The molecule has 0 aliphatic carbocycles. The maximum atomic E-state index is 4.76. The van der Waals surface area contributed by atoms with Crippen molar-refractivity contribution in [1.82, 2.24) is 15.2 Å². The van der Waals surface area contributed by atoms with Gasteiger partial charge >= 0.3 is 0 Å². The smallest absolute Gasteiger partial charge is 0.247 e. The Morgan fingerprint density at radius 2 is 1.81 bits per heavy atom. The SMILES string of the molecule is c1ccc2c(c1)CCN2c1cnnc(N2CCCCC2)n1. The molecule has 1 aromatic heterocycles. The molecule has 5 heteroatoms. The molecule has 5 nitrogen and oxygen atoms in total. The predicted molar refractivity (Wildman–Crippen MR) is 83.0 cm³/mol. The minimum absolute atomic E-state index is 0.775. The first-order valence-corrected chi connectivity index (χ1v) is 7.72. The standard InChI is InChI=1S/C16H19N5/c1-4-9-20(10-5-1)16-18-15(12-17-19-16)21-11-8-13-6-2-3-7-14(13)21/h2-3,6-7,12H,1,4-5,8-11H2. The van der Waals surface area contributed by atoms with Crippen molar-refractivity contribution in [1.29, 1.82) is 0 Å². The molecule has 2 aliphatic rings. The molecular weight excluding hydrogens is 262 g/mol. The van der Waals surface area contributed by atoms with Crippen LogP contribution in [0.15, 0.2) is 30.5 Å².